The van der Waals surface area contributed by atoms with Crippen molar-refractivity contribution < 1.29 is 18.1 Å². The molecule has 0 aliphatic carbocycles. The molecule has 0 spiro atoms. The first-order chi connectivity index (χ1) is 10.3. The fraction of sp³-hybridized carbons (Fsp3) is 0.500. The summed E-state index contributed by atoms with van der Waals surface area (Å²) in [4.78, 5) is 10.4. The molecule has 1 heterocycles. The lowest BCUT2D eigenvalue weighted by atomic mass is 10.2. The van der Waals surface area contributed by atoms with Crippen molar-refractivity contribution in [2.75, 3.05) is 20.2 Å². The first-order valence-electron chi connectivity index (χ1n) is 6.52. The molecule has 8 nitrogen and oxygen atoms in total. The highest BCUT2D eigenvalue weighted by Gasteiger charge is 2.32. The van der Waals surface area contributed by atoms with Gasteiger partial charge in [-0.1, -0.05) is 15.9 Å². The van der Waals surface area contributed by atoms with E-state index in [-0.39, 0.29) is 22.4 Å². The molecule has 10 heteroatoms. The molecule has 122 valence electrons. The van der Waals surface area contributed by atoms with Gasteiger partial charge in [-0.2, -0.15) is 0 Å². The zero-order valence-corrected chi connectivity index (χ0v) is 14.5. The van der Waals surface area contributed by atoms with Gasteiger partial charge in [0.25, 0.3) is 0 Å². The van der Waals surface area contributed by atoms with Gasteiger partial charge in [0.1, 0.15) is 4.90 Å². The summed E-state index contributed by atoms with van der Waals surface area (Å²) in [6.07, 6.45) is 0.663. The molecule has 0 amide bonds. The van der Waals surface area contributed by atoms with Crippen LogP contribution in [0.25, 0.3) is 0 Å². The van der Waals surface area contributed by atoms with Gasteiger partial charge < -0.3 is 10.1 Å². The molecule has 2 N–H and O–H groups in total. The quantitative estimate of drug-likeness (QED) is 0.576. The summed E-state index contributed by atoms with van der Waals surface area (Å²) in [5, 5.41) is 14.3. The number of halogens is 1. The van der Waals surface area contributed by atoms with Gasteiger partial charge in [0, 0.05) is 22.6 Å². The molecule has 0 bridgehead atoms. The Balaban J connectivity index is 2.56. The van der Waals surface area contributed by atoms with E-state index in [1.54, 1.807) is 0 Å². The van der Waals surface area contributed by atoms with E-state index in [2.05, 4.69) is 26.0 Å². The van der Waals surface area contributed by atoms with Crippen molar-refractivity contribution in [1.82, 2.24) is 10.0 Å². The molecule has 0 aromatic heterocycles. The summed E-state index contributed by atoms with van der Waals surface area (Å²) in [7, 11) is -2.72. The molecule has 2 rings (SSSR count). The van der Waals surface area contributed by atoms with Crippen LogP contribution in [-0.4, -0.2) is 39.6 Å². The minimum Gasteiger partial charge on any atom is -0.489 e. The number of rotatable bonds is 5. The van der Waals surface area contributed by atoms with Gasteiger partial charge >= 0.3 is 5.69 Å². The van der Waals surface area contributed by atoms with Crippen molar-refractivity contribution in [3.8, 4) is 5.75 Å². The number of nitrogens with zero attached hydrogens (tertiary/aromatic N) is 1. The van der Waals surface area contributed by atoms with Crippen LogP contribution in [0.2, 0.25) is 0 Å². The minimum atomic E-state index is -3.93. The summed E-state index contributed by atoms with van der Waals surface area (Å²) in [5.41, 5.74) is -0.0508. The predicted molar refractivity (Wildman–Crippen MR) is 83.7 cm³/mol. The van der Waals surface area contributed by atoms with Gasteiger partial charge in [-0.15, -0.1) is 0 Å². The van der Waals surface area contributed by atoms with Crippen molar-refractivity contribution in [2.24, 2.45) is 0 Å². The first-order valence-corrected chi connectivity index (χ1v) is 8.80. The molecule has 0 radical (unpaired) electrons. The maximum Gasteiger partial charge on any atom is 0.316 e. The summed E-state index contributed by atoms with van der Waals surface area (Å²) in [6.45, 7) is 2.77. The van der Waals surface area contributed by atoms with Crippen molar-refractivity contribution in [3.05, 3.63) is 26.2 Å². The Morgan fingerprint density at radius 1 is 1.55 bits per heavy atom. The first kappa shape index (κ1) is 17.1. The zero-order valence-electron chi connectivity index (χ0n) is 12.1. The third-order valence-corrected chi connectivity index (χ3v) is 5.82. The SMILES string of the molecule is COc1c(S(=O)(=O)NC2CCNC2)cc(Br)c(C)c1[N+](=O)[O-]. The Morgan fingerprint density at radius 2 is 2.23 bits per heavy atom. The van der Waals surface area contributed by atoms with Gasteiger partial charge in [0.15, 0.2) is 0 Å². The number of hydrogen-bond donors (Lipinski definition) is 2. The highest BCUT2D eigenvalue weighted by Crippen LogP contribution is 2.40. The van der Waals surface area contributed by atoms with E-state index in [1.165, 1.54) is 20.1 Å². The minimum absolute atomic E-state index is 0.242. The lowest BCUT2D eigenvalue weighted by molar-refractivity contribution is -0.386. The van der Waals surface area contributed by atoms with E-state index < -0.39 is 14.9 Å². The normalized spacial score (nSPS) is 18.4. The summed E-state index contributed by atoms with van der Waals surface area (Å²) in [5.74, 6) is -0.260. The van der Waals surface area contributed by atoms with Gasteiger partial charge in [0.2, 0.25) is 15.8 Å². The fourth-order valence-corrected chi connectivity index (χ4v) is 4.38. The van der Waals surface area contributed by atoms with Crippen molar-refractivity contribution in [3.63, 3.8) is 0 Å². The second-order valence-electron chi connectivity index (χ2n) is 4.93. The molecule has 22 heavy (non-hydrogen) atoms. The molecule has 1 unspecified atom stereocenters. The number of benzene rings is 1. The molecular formula is C12H16BrN3O5S. The van der Waals surface area contributed by atoms with Crippen molar-refractivity contribution in [1.29, 1.82) is 0 Å². The monoisotopic (exact) mass is 393 g/mol. The standard InChI is InChI=1S/C12H16BrN3O5S/c1-7-9(13)5-10(12(21-2)11(7)16(17)18)22(19,20)15-8-3-4-14-6-8/h5,8,14-15H,3-4,6H2,1-2H3. The van der Waals surface area contributed by atoms with Crippen LogP contribution in [-0.2, 0) is 10.0 Å². The van der Waals surface area contributed by atoms with Gasteiger partial charge in [-0.25, -0.2) is 13.1 Å². The lowest BCUT2D eigenvalue weighted by Gasteiger charge is -2.16. The lowest BCUT2D eigenvalue weighted by Crippen LogP contribution is -2.36. The Hall–Kier alpha value is -1.23. The van der Waals surface area contributed by atoms with Crippen LogP contribution in [0.5, 0.6) is 5.75 Å². The number of nitro benzene ring substituents is 1. The number of sulfonamides is 1. The number of ether oxygens (including phenoxy) is 1. The number of nitro groups is 1. The Labute approximate surface area is 136 Å². The maximum atomic E-state index is 12.5. The zero-order chi connectivity index (χ0) is 16.5. The number of hydrogen-bond acceptors (Lipinski definition) is 6. The highest BCUT2D eigenvalue weighted by molar-refractivity contribution is 9.10. The average Bonchev–Trinajstić information content (AvgIpc) is 2.92. The second-order valence-corrected chi connectivity index (χ2v) is 7.47. The highest BCUT2D eigenvalue weighted by atomic mass is 79.9. The van der Waals surface area contributed by atoms with Gasteiger partial charge in [-0.05, 0) is 26.0 Å². The average molecular weight is 394 g/mol. The Kier molecular flexibility index (Phi) is 5.05. The van der Waals surface area contributed by atoms with Crippen LogP contribution in [0.3, 0.4) is 0 Å². The molecule has 1 aliphatic rings. The largest absolute Gasteiger partial charge is 0.489 e. The van der Waals surface area contributed by atoms with E-state index >= 15 is 0 Å². The fourth-order valence-electron chi connectivity index (χ4n) is 2.34. The van der Waals surface area contributed by atoms with E-state index in [1.807, 2.05) is 0 Å². The molecule has 1 atom stereocenters. The summed E-state index contributed by atoms with van der Waals surface area (Å²) < 4.78 is 33.0. The predicted octanol–water partition coefficient (Wildman–Crippen LogP) is 1.31. The van der Waals surface area contributed by atoms with Crippen molar-refractivity contribution in [2.45, 2.75) is 24.3 Å². The van der Waals surface area contributed by atoms with Crippen LogP contribution < -0.4 is 14.8 Å². The van der Waals surface area contributed by atoms with Crippen LogP contribution in [0.15, 0.2) is 15.4 Å². The molecule has 1 saturated heterocycles. The molecule has 1 aromatic carbocycles. The molecule has 1 fully saturated rings. The third-order valence-electron chi connectivity index (χ3n) is 3.47. The second kappa shape index (κ2) is 6.49. The van der Waals surface area contributed by atoms with Crippen molar-refractivity contribution >= 4 is 31.6 Å². The Morgan fingerprint density at radius 3 is 2.73 bits per heavy atom. The molecular weight excluding hydrogens is 378 g/mol. The maximum absolute atomic E-state index is 12.5. The van der Waals surface area contributed by atoms with Crippen LogP contribution in [0.1, 0.15) is 12.0 Å². The summed E-state index contributed by atoms with van der Waals surface area (Å²) >= 11 is 3.17. The van der Waals surface area contributed by atoms with Crippen LogP contribution >= 0.6 is 15.9 Å². The molecule has 0 saturated carbocycles. The van der Waals surface area contributed by atoms with E-state index in [0.717, 1.165) is 6.54 Å². The topological polar surface area (TPSA) is 111 Å². The number of methoxy groups -OCH3 is 1. The van der Waals surface area contributed by atoms with Gasteiger partial charge in [0.05, 0.1) is 12.0 Å². The van der Waals surface area contributed by atoms with Crippen LogP contribution in [0.4, 0.5) is 5.69 Å². The summed E-state index contributed by atoms with van der Waals surface area (Å²) in [6, 6.07) is 1.08. The molecule has 1 aliphatic heterocycles. The van der Waals surface area contributed by atoms with E-state index in [4.69, 9.17) is 4.74 Å². The van der Waals surface area contributed by atoms with E-state index in [0.29, 0.717) is 23.0 Å². The van der Waals surface area contributed by atoms with Crippen LogP contribution in [0, 0.1) is 17.0 Å². The molecule has 1 aromatic rings. The van der Waals surface area contributed by atoms with E-state index in [9.17, 15) is 18.5 Å². The Bertz CT molecular complexity index is 701. The number of nitrogens with one attached hydrogen (secondary N) is 2. The van der Waals surface area contributed by atoms with Gasteiger partial charge in [-0.3, -0.25) is 10.1 Å². The third kappa shape index (κ3) is 3.24. The smallest absolute Gasteiger partial charge is 0.316 e.